The van der Waals surface area contributed by atoms with Gasteiger partial charge in [0.05, 0.1) is 6.10 Å². The van der Waals surface area contributed by atoms with Gasteiger partial charge in [-0.15, -0.1) is 0 Å². The van der Waals surface area contributed by atoms with E-state index in [0.717, 1.165) is 31.8 Å². The van der Waals surface area contributed by atoms with Gasteiger partial charge < -0.3 is 9.64 Å². The second-order valence-electron chi connectivity index (χ2n) is 5.27. The quantitative estimate of drug-likeness (QED) is 0.539. The van der Waals surface area contributed by atoms with Gasteiger partial charge in [0.15, 0.2) is 0 Å². The van der Waals surface area contributed by atoms with E-state index in [0.29, 0.717) is 0 Å². The fraction of sp³-hybridized carbons (Fsp3) is 0.625. The van der Waals surface area contributed by atoms with Crippen molar-refractivity contribution in [1.82, 2.24) is 10.3 Å². The molecule has 1 atom stereocenters. The third kappa shape index (κ3) is 5.49. The van der Waals surface area contributed by atoms with Crippen LogP contribution in [0.5, 0.6) is 5.75 Å². The number of hydrogen-bond acceptors (Lipinski definition) is 4. The van der Waals surface area contributed by atoms with Crippen LogP contribution in [0.2, 0.25) is 0 Å². The molecule has 4 nitrogen and oxygen atoms in total. The topological polar surface area (TPSA) is 50.5 Å². The van der Waals surface area contributed by atoms with Crippen molar-refractivity contribution in [2.75, 3.05) is 19.6 Å². The van der Waals surface area contributed by atoms with Crippen LogP contribution in [0.15, 0.2) is 24.3 Å². The molecule has 0 bridgehead atoms. The van der Waals surface area contributed by atoms with E-state index in [1.165, 1.54) is 5.56 Å². The summed E-state index contributed by atoms with van der Waals surface area (Å²) in [4.78, 5) is 2.40. The molecular formula is C16H29N3O. The molecule has 1 rings (SSSR count). The lowest BCUT2D eigenvalue weighted by Crippen LogP contribution is -2.32. The molecule has 1 aromatic carbocycles. The molecule has 3 N–H and O–H groups in total. The van der Waals surface area contributed by atoms with Crippen molar-refractivity contribution < 1.29 is 4.74 Å². The van der Waals surface area contributed by atoms with Crippen molar-refractivity contribution in [2.24, 2.45) is 5.84 Å². The van der Waals surface area contributed by atoms with Crippen molar-refractivity contribution in [3.63, 3.8) is 0 Å². The summed E-state index contributed by atoms with van der Waals surface area (Å²) in [5, 5.41) is 0. The minimum Gasteiger partial charge on any atom is -0.491 e. The van der Waals surface area contributed by atoms with E-state index in [4.69, 9.17) is 10.6 Å². The Morgan fingerprint density at radius 3 is 2.50 bits per heavy atom. The summed E-state index contributed by atoms with van der Waals surface area (Å²) in [5.74, 6) is 6.62. The zero-order valence-corrected chi connectivity index (χ0v) is 13.2. The summed E-state index contributed by atoms with van der Waals surface area (Å²) in [6.07, 6.45) is 1.17. The van der Waals surface area contributed by atoms with Crippen molar-refractivity contribution in [2.45, 2.75) is 46.3 Å². The maximum absolute atomic E-state index is 5.74. The van der Waals surface area contributed by atoms with Gasteiger partial charge in [0.2, 0.25) is 0 Å². The Morgan fingerprint density at radius 1 is 1.25 bits per heavy atom. The van der Waals surface area contributed by atoms with Gasteiger partial charge in [0.25, 0.3) is 0 Å². The molecule has 0 aliphatic heterocycles. The standard InChI is InChI=1S/C16H29N3O/c1-5-19(6-2)11-10-16(18-17)14-8-7-9-15(12-14)20-13(3)4/h7-9,12-13,16,18H,5-6,10-11,17H2,1-4H3. The van der Waals surface area contributed by atoms with Crippen LogP contribution in [0, 0.1) is 0 Å². The lowest BCUT2D eigenvalue weighted by molar-refractivity contribution is 0.241. The zero-order chi connectivity index (χ0) is 15.0. The number of hydrogen-bond donors (Lipinski definition) is 2. The lowest BCUT2D eigenvalue weighted by Gasteiger charge is -2.23. The van der Waals surface area contributed by atoms with Gasteiger partial charge in [0.1, 0.15) is 5.75 Å². The molecule has 20 heavy (non-hydrogen) atoms. The Bertz CT molecular complexity index is 378. The summed E-state index contributed by atoms with van der Waals surface area (Å²) < 4.78 is 5.74. The van der Waals surface area contributed by atoms with Crippen LogP contribution in [0.3, 0.4) is 0 Å². The number of nitrogens with zero attached hydrogens (tertiary/aromatic N) is 1. The van der Waals surface area contributed by atoms with Gasteiger partial charge >= 0.3 is 0 Å². The molecule has 0 aliphatic carbocycles. The maximum Gasteiger partial charge on any atom is 0.120 e. The maximum atomic E-state index is 5.74. The van der Waals surface area contributed by atoms with E-state index < -0.39 is 0 Å². The molecule has 0 aromatic heterocycles. The Labute approximate surface area is 123 Å². The lowest BCUT2D eigenvalue weighted by atomic mass is 10.0. The molecular weight excluding hydrogens is 250 g/mol. The van der Waals surface area contributed by atoms with Gasteiger partial charge in [-0.1, -0.05) is 26.0 Å². The number of benzene rings is 1. The van der Waals surface area contributed by atoms with Gasteiger partial charge in [-0.25, -0.2) is 0 Å². The highest BCUT2D eigenvalue weighted by atomic mass is 16.5. The molecule has 0 radical (unpaired) electrons. The molecule has 114 valence electrons. The minimum atomic E-state index is 0.159. The van der Waals surface area contributed by atoms with Crippen LogP contribution in [0.4, 0.5) is 0 Å². The van der Waals surface area contributed by atoms with Gasteiger partial charge in [-0.2, -0.15) is 0 Å². The second kappa shape index (κ2) is 8.95. The van der Waals surface area contributed by atoms with Crippen LogP contribution in [-0.2, 0) is 0 Å². The smallest absolute Gasteiger partial charge is 0.120 e. The van der Waals surface area contributed by atoms with Crippen molar-refractivity contribution in [3.05, 3.63) is 29.8 Å². The Kier molecular flexibility index (Phi) is 7.59. The summed E-state index contributed by atoms with van der Waals surface area (Å²) in [6, 6.07) is 8.34. The molecule has 1 unspecified atom stereocenters. The number of rotatable bonds is 9. The Hall–Kier alpha value is -1.10. The molecule has 0 spiro atoms. The Morgan fingerprint density at radius 2 is 1.95 bits per heavy atom. The minimum absolute atomic E-state index is 0.159. The van der Waals surface area contributed by atoms with Crippen LogP contribution in [-0.4, -0.2) is 30.6 Å². The van der Waals surface area contributed by atoms with Gasteiger partial charge in [-0.05, 0) is 57.6 Å². The van der Waals surface area contributed by atoms with Crippen molar-refractivity contribution >= 4 is 0 Å². The number of nitrogens with one attached hydrogen (secondary N) is 1. The summed E-state index contributed by atoms with van der Waals surface area (Å²) in [6.45, 7) is 11.6. The predicted octanol–water partition coefficient (Wildman–Crippen LogP) is 2.71. The molecule has 4 heteroatoms. The SMILES string of the molecule is CCN(CC)CCC(NN)c1cccc(OC(C)C)c1. The number of hydrazine groups is 1. The first kappa shape index (κ1) is 17.0. The summed E-state index contributed by atoms with van der Waals surface area (Å²) in [7, 11) is 0. The van der Waals surface area contributed by atoms with Gasteiger partial charge in [-0.3, -0.25) is 11.3 Å². The van der Waals surface area contributed by atoms with Crippen molar-refractivity contribution in [1.29, 1.82) is 0 Å². The second-order valence-corrected chi connectivity index (χ2v) is 5.27. The fourth-order valence-electron chi connectivity index (χ4n) is 2.27. The van der Waals surface area contributed by atoms with Crippen LogP contribution in [0.25, 0.3) is 0 Å². The zero-order valence-electron chi connectivity index (χ0n) is 13.2. The predicted molar refractivity (Wildman–Crippen MR) is 84.7 cm³/mol. The third-order valence-corrected chi connectivity index (χ3v) is 3.46. The van der Waals surface area contributed by atoms with Crippen LogP contribution >= 0.6 is 0 Å². The number of ether oxygens (including phenoxy) is 1. The number of nitrogens with two attached hydrogens (primary N) is 1. The van der Waals surface area contributed by atoms with Gasteiger partial charge in [0, 0.05) is 6.04 Å². The van der Waals surface area contributed by atoms with Crippen LogP contribution in [0.1, 0.15) is 45.7 Å². The molecule has 0 amide bonds. The summed E-state index contributed by atoms with van der Waals surface area (Å²) in [5.41, 5.74) is 4.10. The molecule has 0 saturated heterocycles. The van der Waals surface area contributed by atoms with Crippen LogP contribution < -0.4 is 16.0 Å². The highest BCUT2D eigenvalue weighted by Gasteiger charge is 2.12. The first-order valence-corrected chi connectivity index (χ1v) is 7.55. The first-order chi connectivity index (χ1) is 9.60. The third-order valence-electron chi connectivity index (χ3n) is 3.46. The van der Waals surface area contributed by atoms with E-state index in [2.05, 4.69) is 36.3 Å². The largest absolute Gasteiger partial charge is 0.491 e. The first-order valence-electron chi connectivity index (χ1n) is 7.55. The van der Waals surface area contributed by atoms with Crippen molar-refractivity contribution in [3.8, 4) is 5.75 Å². The summed E-state index contributed by atoms with van der Waals surface area (Å²) >= 11 is 0. The highest BCUT2D eigenvalue weighted by molar-refractivity contribution is 5.30. The molecule has 0 fully saturated rings. The fourth-order valence-corrected chi connectivity index (χ4v) is 2.27. The normalized spacial score (nSPS) is 12.9. The van der Waals surface area contributed by atoms with E-state index in [9.17, 15) is 0 Å². The molecule has 1 aromatic rings. The molecule has 0 heterocycles. The highest BCUT2D eigenvalue weighted by Crippen LogP contribution is 2.22. The molecule has 0 saturated carbocycles. The monoisotopic (exact) mass is 279 g/mol. The molecule has 0 aliphatic rings. The average molecular weight is 279 g/mol. The van der Waals surface area contributed by atoms with E-state index in [-0.39, 0.29) is 12.1 Å². The average Bonchev–Trinajstić information content (AvgIpc) is 2.43. The Balaban J connectivity index is 2.69. The van der Waals surface area contributed by atoms with E-state index in [1.807, 2.05) is 26.0 Å². The van der Waals surface area contributed by atoms with E-state index in [1.54, 1.807) is 0 Å². The van der Waals surface area contributed by atoms with E-state index >= 15 is 0 Å².